The van der Waals surface area contributed by atoms with Gasteiger partial charge in [0.25, 0.3) is 0 Å². The quantitative estimate of drug-likeness (QED) is 0.869. The third-order valence-electron chi connectivity index (χ3n) is 3.27. The van der Waals surface area contributed by atoms with Crippen molar-refractivity contribution in [2.75, 3.05) is 12.4 Å². The van der Waals surface area contributed by atoms with Crippen LogP contribution in [-0.2, 0) is 11.2 Å². The molecular weight excluding hydrogens is 355 g/mol. The van der Waals surface area contributed by atoms with E-state index in [-0.39, 0.29) is 18.0 Å². The molecule has 118 valence electrons. The number of hydrogen-bond donors (Lipinski definition) is 1. The second kappa shape index (κ2) is 6.91. The van der Waals surface area contributed by atoms with Crippen molar-refractivity contribution >= 4 is 27.5 Å². The lowest BCUT2D eigenvalue weighted by atomic mass is 10.1. The molecule has 0 atom stereocenters. The summed E-state index contributed by atoms with van der Waals surface area (Å²) in [4.78, 5) is 12.1. The molecule has 7 heteroatoms. The number of nitrogens with zero attached hydrogens (tertiary/aromatic N) is 1. The molecule has 5 nitrogen and oxygen atoms in total. The molecule has 0 saturated carbocycles. The van der Waals surface area contributed by atoms with E-state index in [0.717, 1.165) is 11.3 Å². The molecule has 22 heavy (non-hydrogen) atoms. The first-order valence-corrected chi connectivity index (χ1v) is 7.46. The van der Waals surface area contributed by atoms with Gasteiger partial charge in [-0.15, -0.1) is 0 Å². The fraction of sp³-hybridized carbons (Fsp3) is 0.333. The molecule has 0 radical (unpaired) electrons. The lowest BCUT2D eigenvalue weighted by Crippen LogP contribution is -2.13. The summed E-state index contributed by atoms with van der Waals surface area (Å²) in [6.45, 7) is 3.64. The molecule has 1 heterocycles. The van der Waals surface area contributed by atoms with E-state index in [1.165, 1.54) is 19.2 Å². The molecule has 1 aromatic heterocycles. The zero-order valence-corrected chi connectivity index (χ0v) is 14.1. The molecule has 0 unspecified atom stereocenters. The number of carbonyl (C=O) groups excluding carboxylic acids is 1. The van der Waals surface area contributed by atoms with Crippen LogP contribution < -0.4 is 10.1 Å². The number of aromatic nitrogens is 1. The highest BCUT2D eigenvalue weighted by molar-refractivity contribution is 9.10. The molecule has 0 fully saturated rings. The molecule has 0 bridgehead atoms. The maximum Gasteiger partial charge on any atom is 0.224 e. The van der Waals surface area contributed by atoms with E-state index in [4.69, 9.17) is 9.26 Å². The molecule has 1 aromatic carbocycles. The zero-order valence-electron chi connectivity index (χ0n) is 12.5. The first-order chi connectivity index (χ1) is 10.4. The molecular formula is C15H16BrFN2O3. The van der Waals surface area contributed by atoms with Crippen molar-refractivity contribution in [2.45, 2.75) is 26.7 Å². The topological polar surface area (TPSA) is 64.4 Å². The number of methoxy groups -OCH3 is 1. The Labute approximate surface area is 136 Å². The van der Waals surface area contributed by atoms with Crippen LogP contribution in [0.15, 0.2) is 21.1 Å². The van der Waals surface area contributed by atoms with Gasteiger partial charge in [-0.05, 0) is 42.3 Å². The second-order valence-corrected chi connectivity index (χ2v) is 5.67. The van der Waals surface area contributed by atoms with Gasteiger partial charge in [0.05, 0.1) is 23.0 Å². The van der Waals surface area contributed by atoms with Crippen LogP contribution in [-0.4, -0.2) is 18.2 Å². The number of hydrogen-bond acceptors (Lipinski definition) is 4. The fourth-order valence-electron chi connectivity index (χ4n) is 2.17. The molecule has 0 spiro atoms. The average molecular weight is 371 g/mol. The Morgan fingerprint density at radius 2 is 2.18 bits per heavy atom. The van der Waals surface area contributed by atoms with Gasteiger partial charge >= 0.3 is 0 Å². The number of aryl methyl sites for hydroxylation is 2. The van der Waals surface area contributed by atoms with E-state index in [1.807, 2.05) is 6.92 Å². The molecule has 1 N–H and O–H groups in total. The van der Waals surface area contributed by atoms with E-state index in [9.17, 15) is 9.18 Å². The van der Waals surface area contributed by atoms with Crippen molar-refractivity contribution in [1.82, 2.24) is 5.16 Å². The van der Waals surface area contributed by atoms with Gasteiger partial charge in [-0.3, -0.25) is 4.79 Å². The van der Waals surface area contributed by atoms with E-state index in [1.54, 1.807) is 6.92 Å². The Balaban J connectivity index is 2.07. The van der Waals surface area contributed by atoms with Crippen molar-refractivity contribution < 1.29 is 18.4 Å². The van der Waals surface area contributed by atoms with Crippen LogP contribution in [0, 0.1) is 19.7 Å². The predicted molar refractivity (Wildman–Crippen MR) is 83.6 cm³/mol. The van der Waals surface area contributed by atoms with Crippen LogP contribution in [0.1, 0.15) is 23.4 Å². The Morgan fingerprint density at radius 3 is 2.77 bits per heavy atom. The van der Waals surface area contributed by atoms with Gasteiger partial charge in [-0.25, -0.2) is 4.39 Å². The van der Waals surface area contributed by atoms with E-state index in [2.05, 4.69) is 26.4 Å². The number of amides is 1. The summed E-state index contributed by atoms with van der Waals surface area (Å²) >= 11 is 3.20. The van der Waals surface area contributed by atoms with Crippen LogP contribution in [0.2, 0.25) is 0 Å². The van der Waals surface area contributed by atoms with Gasteiger partial charge in [0.15, 0.2) is 5.75 Å². The number of ether oxygens (including phenoxy) is 1. The van der Waals surface area contributed by atoms with Crippen LogP contribution in [0.25, 0.3) is 0 Å². The highest BCUT2D eigenvalue weighted by atomic mass is 79.9. The largest absolute Gasteiger partial charge is 0.493 e. The van der Waals surface area contributed by atoms with Gasteiger partial charge in [0.1, 0.15) is 11.6 Å². The third-order valence-corrected chi connectivity index (χ3v) is 3.86. The summed E-state index contributed by atoms with van der Waals surface area (Å²) in [5.41, 5.74) is 1.98. The third kappa shape index (κ3) is 3.65. The fourth-order valence-corrected chi connectivity index (χ4v) is 2.76. The minimum Gasteiger partial charge on any atom is -0.493 e. The van der Waals surface area contributed by atoms with Crippen molar-refractivity contribution in [3.63, 3.8) is 0 Å². The van der Waals surface area contributed by atoms with Gasteiger partial charge < -0.3 is 14.6 Å². The summed E-state index contributed by atoms with van der Waals surface area (Å²) in [5.74, 6) is 0.382. The smallest absolute Gasteiger partial charge is 0.224 e. The molecule has 2 rings (SSSR count). The summed E-state index contributed by atoms with van der Waals surface area (Å²) in [6, 6.07) is 2.50. The Kier molecular flexibility index (Phi) is 5.18. The highest BCUT2D eigenvalue weighted by Gasteiger charge is 2.15. The van der Waals surface area contributed by atoms with Crippen LogP contribution >= 0.6 is 15.9 Å². The Morgan fingerprint density at radius 1 is 1.45 bits per heavy atom. The minimum absolute atomic E-state index is 0.236. The molecule has 2 aromatic rings. The van der Waals surface area contributed by atoms with Crippen molar-refractivity contribution in [3.05, 3.63) is 39.4 Å². The number of halogens is 2. The summed E-state index contributed by atoms with van der Waals surface area (Å²) in [6.07, 6.45) is 0.742. The molecule has 1 amide bonds. The van der Waals surface area contributed by atoms with Gasteiger partial charge in [0.2, 0.25) is 5.91 Å². The monoisotopic (exact) mass is 370 g/mol. The standard InChI is InChI=1S/C15H16BrFN2O3/c1-8-11(9(2)22-19-8)4-5-14(20)18-13-7-10(17)6-12(16)15(13)21-3/h6-7H,4-5H2,1-3H3,(H,18,20). The van der Waals surface area contributed by atoms with Crippen LogP contribution in [0.4, 0.5) is 10.1 Å². The average Bonchev–Trinajstić information content (AvgIpc) is 2.75. The predicted octanol–water partition coefficient (Wildman–Crippen LogP) is 3.77. The van der Waals surface area contributed by atoms with Crippen LogP contribution in [0.5, 0.6) is 5.75 Å². The maximum absolute atomic E-state index is 13.5. The zero-order chi connectivity index (χ0) is 16.3. The summed E-state index contributed by atoms with van der Waals surface area (Å²) in [5, 5.41) is 6.51. The number of benzene rings is 1. The Bertz CT molecular complexity index is 681. The second-order valence-electron chi connectivity index (χ2n) is 4.82. The molecule has 0 aliphatic carbocycles. The molecule has 0 aliphatic heterocycles. The van der Waals surface area contributed by atoms with Gasteiger partial charge in [-0.2, -0.15) is 0 Å². The van der Waals surface area contributed by atoms with Crippen LogP contribution in [0.3, 0.4) is 0 Å². The first kappa shape index (κ1) is 16.5. The number of anilines is 1. The maximum atomic E-state index is 13.5. The highest BCUT2D eigenvalue weighted by Crippen LogP contribution is 2.34. The molecule has 0 saturated heterocycles. The normalized spacial score (nSPS) is 10.6. The van der Waals surface area contributed by atoms with E-state index >= 15 is 0 Å². The lowest BCUT2D eigenvalue weighted by Gasteiger charge is -2.12. The van der Waals surface area contributed by atoms with E-state index < -0.39 is 5.82 Å². The minimum atomic E-state index is -0.464. The van der Waals surface area contributed by atoms with Crippen molar-refractivity contribution in [3.8, 4) is 5.75 Å². The number of nitrogens with one attached hydrogen (secondary N) is 1. The Hall–Kier alpha value is -1.89. The number of carbonyl (C=O) groups is 1. The summed E-state index contributed by atoms with van der Waals surface area (Å²) in [7, 11) is 1.46. The van der Waals surface area contributed by atoms with Gasteiger partial charge in [-0.1, -0.05) is 5.16 Å². The van der Waals surface area contributed by atoms with Crippen molar-refractivity contribution in [1.29, 1.82) is 0 Å². The van der Waals surface area contributed by atoms with Crippen molar-refractivity contribution in [2.24, 2.45) is 0 Å². The van der Waals surface area contributed by atoms with Gasteiger partial charge in [0, 0.05) is 18.1 Å². The van der Waals surface area contributed by atoms with E-state index in [0.29, 0.717) is 22.4 Å². The summed E-state index contributed by atoms with van der Waals surface area (Å²) < 4.78 is 24.1. The first-order valence-electron chi connectivity index (χ1n) is 6.67. The molecule has 0 aliphatic rings. The lowest BCUT2D eigenvalue weighted by molar-refractivity contribution is -0.116. The SMILES string of the molecule is COc1c(Br)cc(F)cc1NC(=O)CCc1c(C)noc1C. The number of rotatable bonds is 5.